The van der Waals surface area contributed by atoms with E-state index in [4.69, 9.17) is 4.74 Å². The molecule has 1 heterocycles. The maximum atomic E-state index is 6.04. The van der Waals surface area contributed by atoms with Crippen LogP contribution in [0.3, 0.4) is 0 Å². The van der Waals surface area contributed by atoms with Gasteiger partial charge in [-0.3, -0.25) is 0 Å². The van der Waals surface area contributed by atoms with Crippen LogP contribution in [0.2, 0.25) is 0 Å². The standard InChI is InChI=1S/C20H32N2O/c1-14-7-5-6-8-17(14)22-15(2)11-16-9-10-19-18(12-16)21-13-20(3,4)23-19/h9-10,12,14-15,17,21-22H,5-8,11,13H2,1-4H3. The second-order valence-electron chi connectivity index (χ2n) is 8.19. The van der Waals surface area contributed by atoms with Crippen LogP contribution in [0, 0.1) is 5.92 Å². The molecule has 23 heavy (non-hydrogen) atoms. The Hall–Kier alpha value is -1.22. The fraction of sp³-hybridized carbons (Fsp3) is 0.700. The fourth-order valence-corrected chi connectivity index (χ4v) is 3.91. The minimum absolute atomic E-state index is 0.125. The first-order valence-corrected chi connectivity index (χ1v) is 9.25. The third-order valence-corrected chi connectivity index (χ3v) is 5.29. The lowest BCUT2D eigenvalue weighted by Gasteiger charge is -2.34. The first kappa shape index (κ1) is 16.6. The molecule has 3 nitrogen and oxygen atoms in total. The number of fused-ring (bicyclic) bond motifs is 1. The van der Waals surface area contributed by atoms with Crippen molar-refractivity contribution in [1.82, 2.24) is 5.32 Å². The molecule has 0 bridgehead atoms. The molecule has 3 heteroatoms. The second kappa shape index (κ2) is 6.72. The number of rotatable bonds is 4. The van der Waals surface area contributed by atoms with Crippen molar-refractivity contribution in [3.63, 3.8) is 0 Å². The van der Waals surface area contributed by atoms with E-state index in [-0.39, 0.29) is 5.60 Å². The third-order valence-electron chi connectivity index (χ3n) is 5.29. The molecule has 3 unspecified atom stereocenters. The smallest absolute Gasteiger partial charge is 0.143 e. The molecule has 2 aliphatic rings. The predicted octanol–water partition coefficient (Wildman–Crippen LogP) is 4.37. The van der Waals surface area contributed by atoms with Crippen LogP contribution in [0.5, 0.6) is 5.75 Å². The molecule has 128 valence electrons. The zero-order valence-corrected chi connectivity index (χ0v) is 15.1. The monoisotopic (exact) mass is 316 g/mol. The normalized spacial score (nSPS) is 27.5. The lowest BCUT2D eigenvalue weighted by molar-refractivity contribution is 0.116. The van der Waals surface area contributed by atoms with E-state index in [0.717, 1.165) is 30.3 Å². The van der Waals surface area contributed by atoms with Crippen LogP contribution in [0.1, 0.15) is 58.9 Å². The Morgan fingerprint density at radius 1 is 1.30 bits per heavy atom. The fourth-order valence-electron chi connectivity index (χ4n) is 3.91. The molecule has 0 amide bonds. The summed E-state index contributed by atoms with van der Waals surface area (Å²) in [5.74, 6) is 1.79. The van der Waals surface area contributed by atoms with Crippen molar-refractivity contribution in [3.05, 3.63) is 23.8 Å². The third kappa shape index (κ3) is 4.20. The van der Waals surface area contributed by atoms with Gasteiger partial charge in [0.15, 0.2) is 0 Å². The largest absolute Gasteiger partial charge is 0.484 e. The molecule has 1 aromatic rings. The van der Waals surface area contributed by atoms with Crippen molar-refractivity contribution in [2.24, 2.45) is 5.92 Å². The second-order valence-corrected chi connectivity index (χ2v) is 8.19. The van der Waals surface area contributed by atoms with E-state index in [9.17, 15) is 0 Å². The minimum atomic E-state index is -0.125. The Kier molecular flexibility index (Phi) is 4.86. The predicted molar refractivity (Wildman–Crippen MR) is 97.4 cm³/mol. The van der Waals surface area contributed by atoms with Crippen molar-refractivity contribution in [2.75, 3.05) is 11.9 Å². The van der Waals surface area contributed by atoms with Gasteiger partial charge in [-0.25, -0.2) is 0 Å². The first-order chi connectivity index (χ1) is 10.9. The number of ether oxygens (including phenoxy) is 1. The van der Waals surface area contributed by atoms with Crippen molar-refractivity contribution < 1.29 is 4.74 Å². The van der Waals surface area contributed by atoms with E-state index in [2.05, 4.69) is 56.5 Å². The van der Waals surface area contributed by atoms with E-state index in [0.29, 0.717) is 12.1 Å². The van der Waals surface area contributed by atoms with Gasteiger partial charge in [-0.15, -0.1) is 0 Å². The summed E-state index contributed by atoms with van der Waals surface area (Å²) in [7, 11) is 0. The van der Waals surface area contributed by atoms with Crippen LogP contribution in [0.25, 0.3) is 0 Å². The van der Waals surface area contributed by atoms with Crippen molar-refractivity contribution in [1.29, 1.82) is 0 Å². The molecule has 0 aromatic heterocycles. The molecule has 3 atom stereocenters. The summed E-state index contributed by atoms with van der Waals surface area (Å²) in [5, 5.41) is 7.37. The Morgan fingerprint density at radius 3 is 2.87 bits per heavy atom. The lowest BCUT2D eigenvalue weighted by Crippen LogP contribution is -2.43. The average molecular weight is 316 g/mol. The van der Waals surface area contributed by atoms with Gasteiger partial charge >= 0.3 is 0 Å². The molecule has 0 radical (unpaired) electrons. The average Bonchev–Trinajstić information content (AvgIpc) is 2.49. The molecule has 3 rings (SSSR count). The van der Waals surface area contributed by atoms with E-state index in [1.807, 2.05) is 0 Å². The van der Waals surface area contributed by atoms with Gasteiger partial charge in [-0.05, 0) is 63.6 Å². The maximum Gasteiger partial charge on any atom is 0.143 e. The van der Waals surface area contributed by atoms with Crippen LogP contribution in [-0.2, 0) is 6.42 Å². The quantitative estimate of drug-likeness (QED) is 0.865. The highest BCUT2D eigenvalue weighted by atomic mass is 16.5. The van der Waals surface area contributed by atoms with Gasteiger partial charge in [0.25, 0.3) is 0 Å². The summed E-state index contributed by atoms with van der Waals surface area (Å²) in [6, 6.07) is 7.80. The van der Waals surface area contributed by atoms with Crippen molar-refractivity contribution in [3.8, 4) is 5.75 Å². The molecule has 0 saturated heterocycles. The summed E-state index contributed by atoms with van der Waals surface area (Å²) in [4.78, 5) is 0. The van der Waals surface area contributed by atoms with E-state index in [1.165, 1.54) is 31.2 Å². The topological polar surface area (TPSA) is 33.3 Å². The van der Waals surface area contributed by atoms with Crippen LogP contribution < -0.4 is 15.4 Å². The van der Waals surface area contributed by atoms with Crippen molar-refractivity contribution in [2.45, 2.75) is 77.5 Å². The molecule has 0 spiro atoms. The maximum absolute atomic E-state index is 6.04. The van der Waals surface area contributed by atoms with Crippen LogP contribution in [-0.4, -0.2) is 24.2 Å². The number of hydrogen-bond acceptors (Lipinski definition) is 3. The molecule has 1 aliphatic carbocycles. The number of anilines is 1. The summed E-state index contributed by atoms with van der Waals surface area (Å²) >= 11 is 0. The molecule has 1 saturated carbocycles. The highest BCUT2D eigenvalue weighted by Gasteiger charge is 2.26. The Bertz CT molecular complexity index is 540. The molecule has 1 fully saturated rings. The summed E-state index contributed by atoms with van der Waals surface area (Å²) in [6.07, 6.45) is 6.56. The Labute approximate surface area is 141 Å². The molecule has 2 N–H and O–H groups in total. The zero-order valence-electron chi connectivity index (χ0n) is 15.1. The summed E-state index contributed by atoms with van der Waals surface area (Å²) in [5.41, 5.74) is 2.39. The van der Waals surface area contributed by atoms with Gasteiger partial charge in [0, 0.05) is 12.1 Å². The number of nitrogens with one attached hydrogen (secondary N) is 2. The highest BCUT2D eigenvalue weighted by molar-refractivity contribution is 5.60. The van der Waals surface area contributed by atoms with E-state index >= 15 is 0 Å². The Balaban J connectivity index is 1.60. The van der Waals surface area contributed by atoms with Gasteiger partial charge in [-0.2, -0.15) is 0 Å². The summed E-state index contributed by atoms with van der Waals surface area (Å²) in [6.45, 7) is 9.80. The Morgan fingerprint density at radius 2 is 2.09 bits per heavy atom. The molecule has 1 aliphatic heterocycles. The van der Waals surface area contributed by atoms with Crippen LogP contribution in [0.15, 0.2) is 18.2 Å². The number of benzene rings is 1. The molecular formula is C20H32N2O. The van der Waals surface area contributed by atoms with Crippen LogP contribution >= 0.6 is 0 Å². The van der Waals surface area contributed by atoms with Gasteiger partial charge in [0.05, 0.1) is 12.2 Å². The minimum Gasteiger partial charge on any atom is -0.484 e. The first-order valence-electron chi connectivity index (χ1n) is 9.25. The van der Waals surface area contributed by atoms with E-state index < -0.39 is 0 Å². The van der Waals surface area contributed by atoms with Crippen LogP contribution in [0.4, 0.5) is 5.69 Å². The van der Waals surface area contributed by atoms with Crippen molar-refractivity contribution >= 4 is 5.69 Å². The van der Waals surface area contributed by atoms with Gasteiger partial charge in [0.1, 0.15) is 11.4 Å². The van der Waals surface area contributed by atoms with Gasteiger partial charge < -0.3 is 15.4 Å². The highest BCUT2D eigenvalue weighted by Crippen LogP contribution is 2.33. The lowest BCUT2D eigenvalue weighted by atomic mass is 9.85. The molecular weight excluding hydrogens is 284 g/mol. The van der Waals surface area contributed by atoms with E-state index in [1.54, 1.807) is 0 Å². The molecule has 1 aromatic carbocycles. The summed E-state index contributed by atoms with van der Waals surface area (Å²) < 4.78 is 6.04. The van der Waals surface area contributed by atoms with Gasteiger partial charge in [-0.1, -0.05) is 25.8 Å². The number of hydrogen-bond donors (Lipinski definition) is 2. The zero-order chi connectivity index (χ0) is 16.4. The SMILES string of the molecule is CC(Cc1ccc2c(c1)NCC(C)(C)O2)NC1CCCCC1C. The van der Waals surface area contributed by atoms with Gasteiger partial charge in [0.2, 0.25) is 0 Å².